The third kappa shape index (κ3) is 4.59. The minimum atomic E-state index is 0.392. The molecule has 0 aromatic rings. The number of rotatable bonds is 3. The minimum Gasteiger partial charge on any atom is -0.401 e. The molecule has 0 aliphatic rings. The van der Waals surface area contributed by atoms with Gasteiger partial charge in [0.2, 0.25) is 0 Å². The van der Waals surface area contributed by atoms with Crippen LogP contribution in [0, 0.1) is 5.92 Å². The summed E-state index contributed by atoms with van der Waals surface area (Å²) < 4.78 is 0. The first-order valence-corrected chi connectivity index (χ1v) is 4.06. The summed E-state index contributed by atoms with van der Waals surface area (Å²) in [5.74, 6) is 0.392. The summed E-state index contributed by atoms with van der Waals surface area (Å²) in [5.41, 5.74) is 7.64. The van der Waals surface area contributed by atoms with Crippen molar-refractivity contribution in [1.82, 2.24) is 0 Å². The highest BCUT2D eigenvalue weighted by Crippen LogP contribution is 2.01. The fourth-order valence-corrected chi connectivity index (χ4v) is 0.425. The Hall–Kier alpha value is -0.790. The average molecular weight is 154 g/mol. The maximum atomic E-state index is 5.67. The predicted molar refractivity (Wildman–Crippen MR) is 50.5 cm³/mol. The van der Waals surface area contributed by atoms with E-state index in [4.69, 9.17) is 5.73 Å². The molecule has 0 saturated carbocycles. The lowest BCUT2D eigenvalue weighted by atomic mass is 10.2. The van der Waals surface area contributed by atoms with Crippen LogP contribution in [0.25, 0.3) is 0 Å². The standard InChI is InChI=1S/C9H18N2/c1-5-8(4)11-6-9(10)7(2)3/h6-7H,5,10H2,1-4H3/b9-6-,11-8?. The van der Waals surface area contributed by atoms with Gasteiger partial charge in [-0.05, 0) is 19.3 Å². The molecule has 0 unspecified atom stereocenters. The highest BCUT2D eigenvalue weighted by Gasteiger charge is 1.94. The molecule has 0 rings (SSSR count). The highest BCUT2D eigenvalue weighted by atomic mass is 14.7. The van der Waals surface area contributed by atoms with E-state index in [9.17, 15) is 0 Å². The Morgan fingerprint density at radius 3 is 2.45 bits per heavy atom. The second kappa shape index (κ2) is 4.94. The van der Waals surface area contributed by atoms with Crippen molar-refractivity contribution in [3.05, 3.63) is 11.9 Å². The molecule has 64 valence electrons. The third-order valence-electron chi connectivity index (χ3n) is 1.61. The van der Waals surface area contributed by atoms with E-state index in [0.29, 0.717) is 5.92 Å². The van der Waals surface area contributed by atoms with Gasteiger partial charge in [-0.2, -0.15) is 0 Å². The van der Waals surface area contributed by atoms with Crippen LogP contribution in [0.3, 0.4) is 0 Å². The van der Waals surface area contributed by atoms with Crippen molar-refractivity contribution < 1.29 is 0 Å². The predicted octanol–water partition coefficient (Wildman–Crippen LogP) is 2.31. The number of hydrogen-bond acceptors (Lipinski definition) is 2. The van der Waals surface area contributed by atoms with Crippen molar-refractivity contribution in [3.8, 4) is 0 Å². The number of hydrogen-bond donors (Lipinski definition) is 1. The van der Waals surface area contributed by atoms with E-state index in [1.165, 1.54) is 0 Å². The van der Waals surface area contributed by atoms with Gasteiger partial charge in [-0.1, -0.05) is 20.8 Å². The zero-order valence-corrected chi connectivity index (χ0v) is 7.89. The summed E-state index contributed by atoms with van der Waals surface area (Å²) in [7, 11) is 0. The third-order valence-corrected chi connectivity index (χ3v) is 1.61. The van der Waals surface area contributed by atoms with E-state index >= 15 is 0 Å². The molecule has 0 fully saturated rings. The van der Waals surface area contributed by atoms with Crippen LogP contribution in [0.1, 0.15) is 34.1 Å². The Morgan fingerprint density at radius 2 is 2.09 bits per heavy atom. The first-order valence-electron chi connectivity index (χ1n) is 4.06. The van der Waals surface area contributed by atoms with Crippen LogP contribution in [0.15, 0.2) is 16.9 Å². The van der Waals surface area contributed by atoms with Gasteiger partial charge in [0, 0.05) is 17.6 Å². The largest absolute Gasteiger partial charge is 0.401 e. The van der Waals surface area contributed by atoms with Crippen LogP contribution in [-0.4, -0.2) is 5.71 Å². The van der Waals surface area contributed by atoms with E-state index in [1.807, 2.05) is 6.92 Å². The first-order chi connectivity index (χ1) is 5.07. The number of nitrogens with two attached hydrogens (primary N) is 1. The molecular weight excluding hydrogens is 136 g/mol. The highest BCUT2D eigenvalue weighted by molar-refractivity contribution is 5.82. The molecule has 11 heavy (non-hydrogen) atoms. The Bertz CT molecular complexity index is 166. The van der Waals surface area contributed by atoms with Crippen LogP contribution in [0.5, 0.6) is 0 Å². The zero-order chi connectivity index (χ0) is 8.85. The Morgan fingerprint density at radius 1 is 1.55 bits per heavy atom. The van der Waals surface area contributed by atoms with Crippen LogP contribution in [0.2, 0.25) is 0 Å². The Kier molecular flexibility index (Phi) is 4.59. The molecule has 2 heteroatoms. The second-order valence-electron chi connectivity index (χ2n) is 3.00. The SMILES string of the molecule is CCC(C)=N/C=C(\N)C(C)C. The lowest BCUT2D eigenvalue weighted by Crippen LogP contribution is -2.04. The van der Waals surface area contributed by atoms with Gasteiger partial charge in [0.15, 0.2) is 0 Å². The molecule has 0 aliphatic carbocycles. The number of allylic oxidation sites excluding steroid dienone is 1. The first kappa shape index (κ1) is 10.2. The lowest BCUT2D eigenvalue weighted by molar-refractivity contribution is 0.753. The molecule has 0 spiro atoms. The molecule has 2 N–H and O–H groups in total. The van der Waals surface area contributed by atoms with E-state index < -0.39 is 0 Å². The van der Waals surface area contributed by atoms with Crippen molar-refractivity contribution in [3.63, 3.8) is 0 Å². The van der Waals surface area contributed by atoms with E-state index in [-0.39, 0.29) is 0 Å². The molecule has 0 bridgehead atoms. The average Bonchev–Trinajstić information content (AvgIpc) is 1.99. The van der Waals surface area contributed by atoms with Crippen molar-refractivity contribution in [1.29, 1.82) is 0 Å². The molecule has 0 radical (unpaired) electrons. The van der Waals surface area contributed by atoms with Crippen LogP contribution < -0.4 is 5.73 Å². The lowest BCUT2D eigenvalue weighted by Gasteiger charge is -2.01. The quantitative estimate of drug-likeness (QED) is 0.622. The van der Waals surface area contributed by atoms with Crippen LogP contribution >= 0.6 is 0 Å². The van der Waals surface area contributed by atoms with E-state index in [2.05, 4.69) is 25.8 Å². The Labute approximate surface area is 69.2 Å². The Balaban J connectivity index is 4.11. The van der Waals surface area contributed by atoms with Gasteiger partial charge in [0.25, 0.3) is 0 Å². The molecule has 0 atom stereocenters. The van der Waals surface area contributed by atoms with E-state index in [1.54, 1.807) is 6.20 Å². The van der Waals surface area contributed by atoms with Crippen molar-refractivity contribution in [2.45, 2.75) is 34.1 Å². The van der Waals surface area contributed by atoms with Crippen LogP contribution in [-0.2, 0) is 0 Å². The summed E-state index contributed by atoms with van der Waals surface area (Å²) in [4.78, 5) is 4.19. The summed E-state index contributed by atoms with van der Waals surface area (Å²) in [5, 5.41) is 0. The van der Waals surface area contributed by atoms with Gasteiger partial charge in [0.05, 0.1) is 0 Å². The van der Waals surface area contributed by atoms with Crippen molar-refractivity contribution >= 4 is 5.71 Å². The zero-order valence-electron chi connectivity index (χ0n) is 7.89. The van der Waals surface area contributed by atoms with Gasteiger partial charge in [-0.3, -0.25) is 4.99 Å². The van der Waals surface area contributed by atoms with Gasteiger partial charge < -0.3 is 5.73 Å². The fraction of sp³-hybridized carbons (Fsp3) is 0.667. The van der Waals surface area contributed by atoms with Gasteiger partial charge in [-0.25, -0.2) is 0 Å². The maximum Gasteiger partial charge on any atom is 0.0457 e. The number of nitrogens with zero attached hydrogens (tertiary/aromatic N) is 1. The summed E-state index contributed by atoms with van der Waals surface area (Å²) >= 11 is 0. The summed E-state index contributed by atoms with van der Waals surface area (Å²) in [6.07, 6.45) is 2.74. The summed E-state index contributed by atoms with van der Waals surface area (Å²) in [6.45, 7) is 8.20. The topological polar surface area (TPSA) is 38.4 Å². The molecule has 0 saturated heterocycles. The van der Waals surface area contributed by atoms with Crippen LogP contribution in [0.4, 0.5) is 0 Å². The molecule has 0 amide bonds. The van der Waals surface area contributed by atoms with E-state index in [0.717, 1.165) is 17.8 Å². The summed E-state index contributed by atoms with van der Waals surface area (Å²) in [6, 6.07) is 0. The smallest absolute Gasteiger partial charge is 0.0457 e. The number of aliphatic imine (C=N–C) groups is 1. The van der Waals surface area contributed by atoms with Gasteiger partial charge in [-0.15, -0.1) is 0 Å². The molecule has 2 nitrogen and oxygen atoms in total. The molecule has 0 aliphatic heterocycles. The second-order valence-corrected chi connectivity index (χ2v) is 3.00. The fourth-order valence-electron chi connectivity index (χ4n) is 0.425. The molecular formula is C9H18N2. The molecule has 0 aromatic carbocycles. The minimum absolute atomic E-state index is 0.392. The van der Waals surface area contributed by atoms with Gasteiger partial charge in [0.1, 0.15) is 0 Å². The monoisotopic (exact) mass is 154 g/mol. The maximum absolute atomic E-state index is 5.67. The van der Waals surface area contributed by atoms with Crippen molar-refractivity contribution in [2.75, 3.05) is 0 Å². The molecule has 0 aromatic heterocycles. The molecule has 0 heterocycles. The normalized spacial score (nSPS) is 14.3. The van der Waals surface area contributed by atoms with Crippen molar-refractivity contribution in [2.24, 2.45) is 16.6 Å². The van der Waals surface area contributed by atoms with Gasteiger partial charge >= 0.3 is 0 Å².